The predicted molar refractivity (Wildman–Crippen MR) is 75.1 cm³/mol. The quantitative estimate of drug-likeness (QED) is 0.906. The van der Waals surface area contributed by atoms with Gasteiger partial charge in [0.1, 0.15) is 0 Å². The van der Waals surface area contributed by atoms with Crippen molar-refractivity contribution in [3.05, 3.63) is 71.3 Å². The second-order valence-corrected chi connectivity index (χ2v) is 5.49. The molecule has 1 N–H and O–H groups in total. The Morgan fingerprint density at radius 3 is 2.35 bits per heavy atom. The molecule has 0 aromatic heterocycles. The van der Waals surface area contributed by atoms with Gasteiger partial charge in [0.15, 0.2) is 5.72 Å². The van der Waals surface area contributed by atoms with E-state index in [1.165, 1.54) is 0 Å². The topological polar surface area (TPSA) is 40.5 Å². The first-order valence-electron chi connectivity index (χ1n) is 6.94. The third-order valence-electron chi connectivity index (χ3n) is 4.19. The van der Waals surface area contributed by atoms with Crippen molar-refractivity contribution in [2.75, 3.05) is 0 Å². The highest BCUT2D eigenvalue weighted by Crippen LogP contribution is 2.47. The van der Waals surface area contributed by atoms with E-state index in [4.69, 9.17) is 0 Å². The molecule has 4 rings (SSSR count). The van der Waals surface area contributed by atoms with E-state index in [0.717, 1.165) is 18.4 Å². The van der Waals surface area contributed by atoms with Crippen LogP contribution in [0, 0.1) is 0 Å². The van der Waals surface area contributed by atoms with Gasteiger partial charge in [0.25, 0.3) is 5.91 Å². The molecule has 2 aliphatic rings. The van der Waals surface area contributed by atoms with Crippen LogP contribution < -0.4 is 0 Å². The average Bonchev–Trinajstić information content (AvgIpc) is 3.29. The summed E-state index contributed by atoms with van der Waals surface area (Å²) in [7, 11) is 0. The number of benzene rings is 2. The van der Waals surface area contributed by atoms with Crippen LogP contribution in [-0.4, -0.2) is 22.0 Å². The molecule has 1 heterocycles. The van der Waals surface area contributed by atoms with Gasteiger partial charge in [-0.1, -0.05) is 48.5 Å². The fraction of sp³-hybridized carbons (Fsp3) is 0.235. The molecule has 0 spiro atoms. The van der Waals surface area contributed by atoms with E-state index in [2.05, 4.69) is 0 Å². The van der Waals surface area contributed by atoms with E-state index >= 15 is 0 Å². The first kappa shape index (κ1) is 11.7. The molecular weight excluding hydrogens is 250 g/mol. The Hall–Kier alpha value is -2.13. The molecule has 1 fully saturated rings. The zero-order chi connectivity index (χ0) is 13.7. The van der Waals surface area contributed by atoms with Crippen LogP contribution in [0.2, 0.25) is 0 Å². The van der Waals surface area contributed by atoms with Gasteiger partial charge in [0.2, 0.25) is 0 Å². The van der Waals surface area contributed by atoms with Gasteiger partial charge in [-0.2, -0.15) is 0 Å². The molecule has 0 unspecified atom stereocenters. The van der Waals surface area contributed by atoms with Crippen molar-refractivity contribution in [1.82, 2.24) is 4.90 Å². The van der Waals surface area contributed by atoms with Crippen LogP contribution in [0.4, 0.5) is 0 Å². The highest BCUT2D eigenvalue weighted by molar-refractivity contribution is 6.00. The summed E-state index contributed by atoms with van der Waals surface area (Å²) in [6, 6.07) is 17.0. The third-order valence-corrected chi connectivity index (χ3v) is 4.19. The molecule has 1 saturated carbocycles. The molecule has 1 aliphatic heterocycles. The number of fused-ring (bicyclic) bond motifs is 1. The SMILES string of the molecule is O=C1c2ccccc2[C@](O)(c2ccccc2)N1C1CC1. The molecule has 100 valence electrons. The van der Waals surface area contributed by atoms with Crippen molar-refractivity contribution in [3.8, 4) is 0 Å². The smallest absolute Gasteiger partial charge is 0.257 e. The maximum absolute atomic E-state index is 12.6. The number of nitrogens with zero attached hydrogens (tertiary/aromatic N) is 1. The van der Waals surface area contributed by atoms with Gasteiger partial charge in [-0.3, -0.25) is 9.69 Å². The van der Waals surface area contributed by atoms with Gasteiger partial charge in [-0.25, -0.2) is 0 Å². The summed E-state index contributed by atoms with van der Waals surface area (Å²) in [5.41, 5.74) is 0.745. The van der Waals surface area contributed by atoms with Crippen LogP contribution in [0.15, 0.2) is 54.6 Å². The minimum atomic E-state index is -1.32. The lowest BCUT2D eigenvalue weighted by Gasteiger charge is -2.35. The Bertz CT molecular complexity index is 678. The summed E-state index contributed by atoms with van der Waals surface area (Å²) >= 11 is 0. The zero-order valence-electron chi connectivity index (χ0n) is 11.0. The molecule has 3 nitrogen and oxygen atoms in total. The molecule has 3 heteroatoms. The van der Waals surface area contributed by atoms with Crippen molar-refractivity contribution in [3.63, 3.8) is 0 Å². The van der Waals surface area contributed by atoms with Gasteiger partial charge in [0, 0.05) is 22.7 Å². The number of carbonyl (C=O) groups excluding carboxylic acids is 1. The Morgan fingerprint density at radius 1 is 1.00 bits per heavy atom. The van der Waals surface area contributed by atoms with Crippen LogP contribution >= 0.6 is 0 Å². The maximum Gasteiger partial charge on any atom is 0.257 e. The van der Waals surface area contributed by atoms with E-state index in [1.54, 1.807) is 11.0 Å². The molecule has 2 aromatic rings. The third kappa shape index (κ3) is 1.41. The highest BCUT2D eigenvalue weighted by Gasteiger charge is 2.54. The molecule has 2 aromatic carbocycles. The number of hydrogen-bond donors (Lipinski definition) is 1. The lowest BCUT2D eigenvalue weighted by molar-refractivity contribution is -0.0542. The van der Waals surface area contributed by atoms with Crippen LogP contribution in [0.25, 0.3) is 0 Å². The van der Waals surface area contributed by atoms with Crippen LogP contribution in [-0.2, 0) is 5.72 Å². The number of aliphatic hydroxyl groups is 1. The summed E-state index contributed by atoms with van der Waals surface area (Å²) in [6.07, 6.45) is 1.93. The summed E-state index contributed by atoms with van der Waals surface area (Å²) in [5.74, 6) is -0.0607. The molecule has 1 aliphatic carbocycles. The van der Waals surface area contributed by atoms with Crippen molar-refractivity contribution in [1.29, 1.82) is 0 Å². The largest absolute Gasteiger partial charge is 0.363 e. The Morgan fingerprint density at radius 2 is 1.65 bits per heavy atom. The van der Waals surface area contributed by atoms with Crippen LogP contribution in [0.1, 0.15) is 34.3 Å². The fourth-order valence-corrected chi connectivity index (χ4v) is 3.11. The normalized spacial score (nSPS) is 24.9. The summed E-state index contributed by atoms with van der Waals surface area (Å²) in [5, 5.41) is 11.4. The molecule has 1 amide bonds. The highest BCUT2D eigenvalue weighted by atomic mass is 16.3. The maximum atomic E-state index is 12.6. The molecule has 1 atom stereocenters. The standard InChI is InChI=1S/C17H15NO2/c19-16-14-8-4-5-9-15(14)17(20,18(16)13-10-11-13)12-6-2-1-3-7-12/h1-9,13,20H,10-11H2/t17-/m1/s1. The molecule has 20 heavy (non-hydrogen) atoms. The number of rotatable bonds is 2. The number of carbonyl (C=O) groups is 1. The second kappa shape index (κ2) is 3.93. The minimum absolute atomic E-state index is 0.0607. The summed E-state index contributed by atoms with van der Waals surface area (Å²) < 4.78 is 0. The zero-order valence-corrected chi connectivity index (χ0v) is 11.0. The molecule has 0 bridgehead atoms. The van der Waals surface area contributed by atoms with Crippen molar-refractivity contribution in [2.45, 2.75) is 24.6 Å². The van der Waals surface area contributed by atoms with Gasteiger partial charge < -0.3 is 5.11 Å². The number of hydrogen-bond acceptors (Lipinski definition) is 2. The van der Waals surface area contributed by atoms with Gasteiger partial charge in [-0.15, -0.1) is 0 Å². The average molecular weight is 265 g/mol. The lowest BCUT2D eigenvalue weighted by Crippen LogP contribution is -2.46. The summed E-state index contributed by atoms with van der Waals surface area (Å²) in [4.78, 5) is 14.3. The second-order valence-electron chi connectivity index (χ2n) is 5.49. The van der Waals surface area contributed by atoms with E-state index < -0.39 is 5.72 Å². The van der Waals surface area contributed by atoms with Gasteiger partial charge in [0.05, 0.1) is 0 Å². The summed E-state index contributed by atoms with van der Waals surface area (Å²) in [6.45, 7) is 0. The van der Waals surface area contributed by atoms with Gasteiger partial charge >= 0.3 is 0 Å². The monoisotopic (exact) mass is 265 g/mol. The van der Waals surface area contributed by atoms with Crippen molar-refractivity contribution < 1.29 is 9.90 Å². The van der Waals surface area contributed by atoms with E-state index in [0.29, 0.717) is 11.1 Å². The Labute approximate surface area is 117 Å². The van der Waals surface area contributed by atoms with Gasteiger partial charge in [-0.05, 0) is 18.9 Å². The molecular formula is C17H15NO2. The molecule has 0 radical (unpaired) electrons. The predicted octanol–water partition coefficient (Wildman–Crippen LogP) is 2.50. The minimum Gasteiger partial charge on any atom is -0.363 e. The van der Waals surface area contributed by atoms with E-state index in [9.17, 15) is 9.90 Å². The molecule has 0 saturated heterocycles. The first-order valence-corrected chi connectivity index (χ1v) is 6.94. The fourth-order valence-electron chi connectivity index (χ4n) is 3.11. The number of amides is 1. The Kier molecular flexibility index (Phi) is 2.30. The van der Waals surface area contributed by atoms with Crippen molar-refractivity contribution >= 4 is 5.91 Å². The van der Waals surface area contributed by atoms with Crippen LogP contribution in [0.3, 0.4) is 0 Å². The van der Waals surface area contributed by atoms with Crippen molar-refractivity contribution in [2.24, 2.45) is 0 Å². The Balaban J connectivity index is 1.97. The first-order chi connectivity index (χ1) is 9.73. The lowest BCUT2D eigenvalue weighted by atomic mass is 9.94. The van der Waals surface area contributed by atoms with E-state index in [1.807, 2.05) is 48.5 Å². The van der Waals surface area contributed by atoms with Crippen LogP contribution in [0.5, 0.6) is 0 Å². The van der Waals surface area contributed by atoms with E-state index in [-0.39, 0.29) is 11.9 Å².